The van der Waals surface area contributed by atoms with Crippen molar-refractivity contribution in [2.75, 3.05) is 10.5 Å². The Balaban J connectivity index is 3.00. The number of nitriles is 1. The number of nitrogens with one attached hydrogen (secondary N) is 1. The Hall–Kier alpha value is -1.68. The minimum absolute atomic E-state index is 0.509. The van der Waals surface area contributed by atoms with E-state index in [2.05, 4.69) is 0 Å². The fraction of sp³-hybridized carbons (Fsp3) is 0.125. The van der Waals surface area contributed by atoms with Gasteiger partial charge in [-0.1, -0.05) is 0 Å². The van der Waals surface area contributed by atoms with Crippen molar-refractivity contribution in [2.45, 2.75) is 0 Å². The molecule has 0 saturated carbocycles. The zero-order valence-corrected chi connectivity index (χ0v) is 8.18. The molecule has 7 heteroatoms. The number of sulfonamides is 1. The van der Waals surface area contributed by atoms with Gasteiger partial charge in [0.05, 0.1) is 11.8 Å². The Labute approximate surface area is 85.2 Å². The van der Waals surface area contributed by atoms with Crippen LogP contribution in [-0.2, 0) is 10.0 Å². The molecule has 0 saturated heterocycles. The smallest absolute Gasteiger partial charge is 0.246 e. The maximum atomic E-state index is 13.0. The minimum atomic E-state index is -3.94. The second-order valence-corrected chi connectivity index (χ2v) is 4.37. The molecule has 0 spiro atoms. The number of rotatable bonds is 3. The van der Waals surface area contributed by atoms with Crippen molar-refractivity contribution in [3.05, 3.63) is 29.8 Å². The van der Waals surface area contributed by atoms with E-state index in [9.17, 15) is 17.2 Å². The zero-order chi connectivity index (χ0) is 11.5. The summed E-state index contributed by atoms with van der Waals surface area (Å²) in [5.74, 6) is -2.49. The van der Waals surface area contributed by atoms with Crippen LogP contribution in [0, 0.1) is 23.0 Å². The van der Waals surface area contributed by atoms with E-state index in [0.29, 0.717) is 6.07 Å². The van der Waals surface area contributed by atoms with Crippen molar-refractivity contribution < 1.29 is 17.2 Å². The number of hydrogen-bond acceptors (Lipinski definition) is 3. The topological polar surface area (TPSA) is 70.0 Å². The van der Waals surface area contributed by atoms with Gasteiger partial charge in [0.2, 0.25) is 10.0 Å². The molecule has 1 aromatic carbocycles. The SMILES string of the molecule is N#CCS(=O)(=O)Nc1cc(F)ccc1F. The maximum Gasteiger partial charge on any atom is 0.246 e. The van der Waals surface area contributed by atoms with Gasteiger partial charge in [-0.05, 0) is 12.1 Å². The van der Waals surface area contributed by atoms with Crippen LogP contribution in [0.5, 0.6) is 0 Å². The molecule has 15 heavy (non-hydrogen) atoms. The molecule has 1 aromatic rings. The molecule has 0 fully saturated rings. The Morgan fingerprint density at radius 1 is 1.40 bits per heavy atom. The molecule has 0 atom stereocenters. The van der Waals surface area contributed by atoms with E-state index in [1.165, 1.54) is 6.07 Å². The molecule has 1 rings (SSSR count). The highest BCUT2D eigenvalue weighted by molar-refractivity contribution is 7.92. The van der Waals surface area contributed by atoms with Crippen molar-refractivity contribution in [1.29, 1.82) is 5.26 Å². The van der Waals surface area contributed by atoms with E-state index in [-0.39, 0.29) is 0 Å². The standard InChI is InChI=1S/C8H6F2N2O2S/c9-6-1-2-7(10)8(5-6)12-15(13,14)4-3-11/h1-2,5,12H,4H2. The molecule has 80 valence electrons. The summed E-state index contributed by atoms with van der Waals surface area (Å²) in [6.07, 6.45) is 0. The van der Waals surface area contributed by atoms with Crippen LogP contribution in [0.4, 0.5) is 14.5 Å². The van der Waals surface area contributed by atoms with Gasteiger partial charge in [-0.3, -0.25) is 4.72 Å². The Morgan fingerprint density at radius 3 is 2.67 bits per heavy atom. The summed E-state index contributed by atoms with van der Waals surface area (Å²) in [5.41, 5.74) is -0.509. The highest BCUT2D eigenvalue weighted by Gasteiger charge is 2.13. The van der Waals surface area contributed by atoms with E-state index in [1.54, 1.807) is 4.72 Å². The predicted octanol–water partition coefficient (Wildman–Crippen LogP) is 1.23. The lowest BCUT2D eigenvalue weighted by atomic mass is 10.3. The first kappa shape index (κ1) is 11.4. The predicted molar refractivity (Wildman–Crippen MR) is 49.4 cm³/mol. The van der Waals surface area contributed by atoms with Crippen molar-refractivity contribution in [3.63, 3.8) is 0 Å². The summed E-state index contributed by atoms with van der Waals surface area (Å²) in [5, 5.41) is 8.17. The van der Waals surface area contributed by atoms with Gasteiger partial charge < -0.3 is 0 Å². The van der Waals surface area contributed by atoms with Crippen molar-refractivity contribution in [1.82, 2.24) is 0 Å². The van der Waals surface area contributed by atoms with Gasteiger partial charge in [-0.2, -0.15) is 5.26 Å². The quantitative estimate of drug-likeness (QED) is 0.852. The molecule has 0 aliphatic carbocycles. The summed E-state index contributed by atoms with van der Waals surface area (Å²) in [6.45, 7) is 0. The molecule has 1 N–H and O–H groups in total. The fourth-order valence-electron chi connectivity index (χ4n) is 0.864. The van der Waals surface area contributed by atoms with Gasteiger partial charge in [0, 0.05) is 6.07 Å². The second-order valence-electron chi connectivity index (χ2n) is 2.64. The molecule has 0 aliphatic heterocycles. The largest absolute Gasteiger partial charge is 0.280 e. The molecule has 0 aromatic heterocycles. The van der Waals surface area contributed by atoms with Crippen molar-refractivity contribution in [2.24, 2.45) is 0 Å². The average molecular weight is 232 g/mol. The van der Waals surface area contributed by atoms with Crippen molar-refractivity contribution >= 4 is 15.7 Å². The first-order valence-electron chi connectivity index (χ1n) is 3.77. The molecule has 0 radical (unpaired) electrons. The van der Waals surface area contributed by atoms with Crippen LogP contribution < -0.4 is 4.72 Å². The zero-order valence-electron chi connectivity index (χ0n) is 7.37. The molecule has 0 aliphatic rings. The second kappa shape index (κ2) is 4.23. The molecule has 4 nitrogen and oxygen atoms in total. The third-order valence-electron chi connectivity index (χ3n) is 1.45. The van der Waals surface area contributed by atoms with E-state index in [4.69, 9.17) is 5.26 Å². The van der Waals surface area contributed by atoms with Crippen LogP contribution in [0.15, 0.2) is 18.2 Å². The molecule has 0 bridgehead atoms. The van der Waals surface area contributed by atoms with Crippen LogP contribution in [0.25, 0.3) is 0 Å². The van der Waals surface area contributed by atoms with Crippen LogP contribution >= 0.6 is 0 Å². The summed E-state index contributed by atoms with van der Waals surface area (Å²) in [6, 6.07) is 3.74. The number of benzene rings is 1. The Kier molecular flexibility index (Phi) is 3.21. The normalized spacial score (nSPS) is 10.7. The minimum Gasteiger partial charge on any atom is -0.280 e. The van der Waals surface area contributed by atoms with Gasteiger partial charge >= 0.3 is 0 Å². The summed E-state index contributed by atoms with van der Waals surface area (Å²) in [4.78, 5) is 0. The lowest BCUT2D eigenvalue weighted by Gasteiger charge is -2.05. The third-order valence-corrected chi connectivity index (χ3v) is 2.49. The number of hydrogen-bond donors (Lipinski definition) is 1. The lowest BCUT2D eigenvalue weighted by molar-refractivity contribution is 0.596. The van der Waals surface area contributed by atoms with Crippen LogP contribution in [0.2, 0.25) is 0 Å². The molecule has 0 heterocycles. The summed E-state index contributed by atoms with van der Waals surface area (Å²) in [7, 11) is -3.94. The van der Waals surface area contributed by atoms with E-state index in [1.807, 2.05) is 0 Å². The molecule has 0 amide bonds. The third kappa shape index (κ3) is 3.18. The van der Waals surface area contributed by atoms with Gasteiger partial charge in [-0.15, -0.1) is 0 Å². The molecular formula is C8H6F2N2O2S. The maximum absolute atomic E-state index is 13.0. The first-order chi connectivity index (χ1) is 6.94. The number of nitrogens with zero attached hydrogens (tertiary/aromatic N) is 1. The van der Waals surface area contributed by atoms with E-state index >= 15 is 0 Å². The van der Waals surface area contributed by atoms with Gasteiger partial charge in [0.15, 0.2) is 5.75 Å². The Bertz CT molecular complexity index is 508. The van der Waals surface area contributed by atoms with Crippen LogP contribution in [0.3, 0.4) is 0 Å². The number of anilines is 1. The van der Waals surface area contributed by atoms with Gasteiger partial charge in [0.1, 0.15) is 11.6 Å². The van der Waals surface area contributed by atoms with Crippen LogP contribution in [0.1, 0.15) is 0 Å². The van der Waals surface area contributed by atoms with E-state index < -0.39 is 33.1 Å². The summed E-state index contributed by atoms with van der Waals surface area (Å²) < 4.78 is 49.4. The fourth-order valence-corrected chi connectivity index (χ4v) is 1.60. The summed E-state index contributed by atoms with van der Waals surface area (Å²) >= 11 is 0. The molecule has 0 unspecified atom stereocenters. The first-order valence-corrected chi connectivity index (χ1v) is 5.42. The highest BCUT2D eigenvalue weighted by atomic mass is 32.2. The number of halogens is 2. The highest BCUT2D eigenvalue weighted by Crippen LogP contribution is 2.16. The van der Waals surface area contributed by atoms with Crippen LogP contribution in [-0.4, -0.2) is 14.2 Å². The van der Waals surface area contributed by atoms with Gasteiger partial charge in [0.25, 0.3) is 0 Å². The molecular weight excluding hydrogens is 226 g/mol. The average Bonchev–Trinajstić information content (AvgIpc) is 2.10. The Morgan fingerprint density at radius 2 is 2.07 bits per heavy atom. The monoisotopic (exact) mass is 232 g/mol. The van der Waals surface area contributed by atoms with Crippen molar-refractivity contribution in [3.8, 4) is 6.07 Å². The lowest BCUT2D eigenvalue weighted by Crippen LogP contribution is -2.16. The van der Waals surface area contributed by atoms with Gasteiger partial charge in [-0.25, -0.2) is 17.2 Å². The van der Waals surface area contributed by atoms with E-state index in [0.717, 1.165) is 12.1 Å².